The van der Waals surface area contributed by atoms with Crippen LogP contribution in [0.4, 0.5) is 0 Å². The Balaban J connectivity index is 1.30. The van der Waals surface area contributed by atoms with Gasteiger partial charge in [-0.1, -0.05) is 140 Å². The number of fused-ring (bicyclic) bond motifs is 15. The number of para-hydroxylation sites is 1. The van der Waals surface area contributed by atoms with Gasteiger partial charge >= 0.3 is 0 Å². The van der Waals surface area contributed by atoms with E-state index in [1.807, 2.05) is 11.3 Å². The molecule has 0 N–H and O–H groups in total. The molecule has 4 aromatic heterocycles. The van der Waals surface area contributed by atoms with Crippen LogP contribution in [-0.2, 0) is 0 Å². The van der Waals surface area contributed by atoms with Crippen molar-refractivity contribution in [3.05, 3.63) is 164 Å². The smallest absolute Gasteiger partial charge is 0.166 e. The van der Waals surface area contributed by atoms with E-state index in [1.54, 1.807) is 11.3 Å². The molecular weight excluding hydrogens is 683 g/mol. The predicted octanol–water partition coefficient (Wildman–Crippen LogP) is 13.9. The van der Waals surface area contributed by atoms with Crippen LogP contribution in [0, 0.1) is 0 Å². The Bertz CT molecular complexity index is 3460. The molecule has 0 atom stereocenters. The summed E-state index contributed by atoms with van der Waals surface area (Å²) >= 11 is 3.60. The molecular formula is C48H27N3S2. The van der Waals surface area contributed by atoms with Crippen LogP contribution in [0.15, 0.2) is 164 Å². The van der Waals surface area contributed by atoms with Crippen molar-refractivity contribution in [1.29, 1.82) is 0 Å². The quantitative estimate of drug-likeness (QED) is 0.183. The molecule has 246 valence electrons. The van der Waals surface area contributed by atoms with Gasteiger partial charge in [-0.25, -0.2) is 9.97 Å². The molecule has 12 rings (SSSR count). The van der Waals surface area contributed by atoms with E-state index in [2.05, 4.69) is 168 Å². The number of aromatic nitrogens is 3. The summed E-state index contributed by atoms with van der Waals surface area (Å²) in [6.45, 7) is 0. The standard InChI is InChI=1S/C48H27N3S2/c1-2-13-28(14-3-1)30-16-12-17-31(27-30)43-47(50-48-44(49-43)36-22-9-11-24-38(36)53-48)51-37-23-10-8-21-35(37)40-33-19-6-7-20-34(33)42-41-32-18-5-4-15-29(32)25-26-39(41)52-46(42)45(40)51/h1-27H. The number of nitrogens with zero attached hydrogens (tertiary/aromatic N) is 3. The number of benzene rings is 8. The molecule has 0 fully saturated rings. The second-order valence-electron chi connectivity index (χ2n) is 13.7. The van der Waals surface area contributed by atoms with Gasteiger partial charge in [-0.3, -0.25) is 4.57 Å². The maximum atomic E-state index is 5.65. The second kappa shape index (κ2) is 11.1. The highest BCUT2D eigenvalue weighted by Crippen LogP contribution is 2.50. The Morgan fingerprint density at radius 3 is 1.98 bits per heavy atom. The van der Waals surface area contributed by atoms with E-state index in [1.165, 1.54) is 68.3 Å². The summed E-state index contributed by atoms with van der Waals surface area (Å²) in [6.07, 6.45) is 0. The minimum atomic E-state index is 0.847. The van der Waals surface area contributed by atoms with Crippen LogP contribution >= 0.6 is 22.7 Å². The number of hydrogen-bond acceptors (Lipinski definition) is 4. The third-order valence-electron chi connectivity index (χ3n) is 10.8. The van der Waals surface area contributed by atoms with Crippen LogP contribution in [0.1, 0.15) is 0 Å². The summed E-state index contributed by atoms with van der Waals surface area (Å²) in [6, 6.07) is 59.1. The summed E-state index contributed by atoms with van der Waals surface area (Å²) in [5.74, 6) is 0.847. The van der Waals surface area contributed by atoms with Gasteiger partial charge in [0.15, 0.2) is 5.82 Å². The Hall–Kier alpha value is -6.40. The molecule has 0 amide bonds. The molecule has 0 saturated carbocycles. The van der Waals surface area contributed by atoms with Gasteiger partial charge in [0, 0.05) is 41.9 Å². The Kier molecular flexibility index (Phi) is 6.09. The SMILES string of the molecule is c1ccc(-c2cccc(-c3nc4c(nc3-n3c5ccccc5c5c6ccccc6c6c(sc7ccc8ccccc8c76)c53)sc3ccccc34)c2)cc1. The maximum Gasteiger partial charge on any atom is 0.166 e. The molecule has 0 aliphatic heterocycles. The highest BCUT2D eigenvalue weighted by molar-refractivity contribution is 7.27. The number of rotatable bonds is 3. The lowest BCUT2D eigenvalue weighted by atomic mass is 9.96. The van der Waals surface area contributed by atoms with Gasteiger partial charge in [0.1, 0.15) is 16.0 Å². The topological polar surface area (TPSA) is 30.7 Å². The molecule has 53 heavy (non-hydrogen) atoms. The van der Waals surface area contributed by atoms with Crippen molar-refractivity contribution >= 4 is 107 Å². The first-order chi connectivity index (χ1) is 26.3. The molecule has 0 aliphatic rings. The van der Waals surface area contributed by atoms with Gasteiger partial charge in [0.2, 0.25) is 0 Å². The summed E-state index contributed by atoms with van der Waals surface area (Å²) in [5, 5.41) is 11.3. The maximum absolute atomic E-state index is 5.65. The van der Waals surface area contributed by atoms with Crippen molar-refractivity contribution in [1.82, 2.24) is 14.5 Å². The fraction of sp³-hybridized carbons (Fsp3) is 0. The van der Waals surface area contributed by atoms with Crippen LogP contribution in [0.3, 0.4) is 0 Å². The summed E-state index contributed by atoms with van der Waals surface area (Å²) in [5.41, 5.74) is 7.48. The summed E-state index contributed by atoms with van der Waals surface area (Å²) in [7, 11) is 0. The van der Waals surface area contributed by atoms with E-state index < -0.39 is 0 Å². The zero-order valence-corrected chi connectivity index (χ0v) is 29.9. The third-order valence-corrected chi connectivity index (χ3v) is 13.0. The van der Waals surface area contributed by atoms with Crippen LogP contribution in [0.5, 0.6) is 0 Å². The van der Waals surface area contributed by atoms with Crippen molar-refractivity contribution in [2.75, 3.05) is 0 Å². The molecule has 0 unspecified atom stereocenters. The van der Waals surface area contributed by atoms with Crippen molar-refractivity contribution in [3.8, 4) is 28.2 Å². The lowest BCUT2D eigenvalue weighted by Gasteiger charge is -2.14. The highest BCUT2D eigenvalue weighted by atomic mass is 32.1. The minimum Gasteiger partial charge on any atom is -0.290 e. The summed E-state index contributed by atoms with van der Waals surface area (Å²) in [4.78, 5) is 12.2. The van der Waals surface area contributed by atoms with Crippen LogP contribution in [0.2, 0.25) is 0 Å². The Morgan fingerprint density at radius 1 is 0.434 bits per heavy atom. The van der Waals surface area contributed by atoms with E-state index in [-0.39, 0.29) is 0 Å². The lowest BCUT2D eigenvalue weighted by Crippen LogP contribution is -2.03. The van der Waals surface area contributed by atoms with Crippen molar-refractivity contribution < 1.29 is 0 Å². The van der Waals surface area contributed by atoms with E-state index in [0.29, 0.717) is 0 Å². The predicted molar refractivity (Wildman–Crippen MR) is 228 cm³/mol. The second-order valence-corrected chi connectivity index (χ2v) is 15.8. The highest BCUT2D eigenvalue weighted by Gasteiger charge is 2.26. The van der Waals surface area contributed by atoms with Gasteiger partial charge < -0.3 is 0 Å². The molecule has 5 heteroatoms. The average molecular weight is 710 g/mol. The van der Waals surface area contributed by atoms with Crippen LogP contribution in [-0.4, -0.2) is 14.5 Å². The molecule has 0 radical (unpaired) electrons. The van der Waals surface area contributed by atoms with E-state index in [0.717, 1.165) is 43.9 Å². The normalized spacial score (nSPS) is 12.2. The first kappa shape index (κ1) is 29.2. The van der Waals surface area contributed by atoms with Crippen LogP contribution in [0.25, 0.3) is 112 Å². The molecule has 4 heterocycles. The van der Waals surface area contributed by atoms with E-state index in [4.69, 9.17) is 9.97 Å². The molecule has 8 aromatic carbocycles. The van der Waals surface area contributed by atoms with Gasteiger partial charge in [-0.2, -0.15) is 0 Å². The van der Waals surface area contributed by atoms with Crippen molar-refractivity contribution in [2.24, 2.45) is 0 Å². The van der Waals surface area contributed by atoms with Crippen molar-refractivity contribution in [3.63, 3.8) is 0 Å². The molecule has 3 nitrogen and oxygen atoms in total. The molecule has 0 bridgehead atoms. The lowest BCUT2D eigenvalue weighted by molar-refractivity contribution is 1.09. The monoisotopic (exact) mass is 709 g/mol. The van der Waals surface area contributed by atoms with Crippen LogP contribution < -0.4 is 0 Å². The minimum absolute atomic E-state index is 0.847. The van der Waals surface area contributed by atoms with Crippen molar-refractivity contribution in [2.45, 2.75) is 0 Å². The zero-order chi connectivity index (χ0) is 34.6. The third kappa shape index (κ3) is 4.15. The first-order valence-electron chi connectivity index (χ1n) is 17.8. The number of thiophene rings is 2. The first-order valence-corrected chi connectivity index (χ1v) is 19.5. The average Bonchev–Trinajstić information content (AvgIpc) is 3.91. The van der Waals surface area contributed by atoms with Gasteiger partial charge in [0.25, 0.3) is 0 Å². The zero-order valence-electron chi connectivity index (χ0n) is 28.2. The molecule has 0 aliphatic carbocycles. The van der Waals surface area contributed by atoms with E-state index in [9.17, 15) is 0 Å². The van der Waals surface area contributed by atoms with E-state index >= 15 is 0 Å². The van der Waals surface area contributed by atoms with Gasteiger partial charge in [-0.05, 0) is 56.9 Å². The molecule has 12 aromatic rings. The van der Waals surface area contributed by atoms with Gasteiger partial charge in [0.05, 0.1) is 15.7 Å². The summed E-state index contributed by atoms with van der Waals surface area (Å²) < 4.78 is 6.17. The molecule has 0 saturated heterocycles. The Labute approximate surface area is 311 Å². The number of hydrogen-bond donors (Lipinski definition) is 0. The largest absolute Gasteiger partial charge is 0.290 e. The fourth-order valence-corrected chi connectivity index (χ4v) is 10.8. The fourth-order valence-electron chi connectivity index (χ4n) is 8.50. The van der Waals surface area contributed by atoms with Gasteiger partial charge in [-0.15, -0.1) is 22.7 Å². The Morgan fingerprint density at radius 2 is 1.11 bits per heavy atom. The molecule has 0 spiro atoms.